The Morgan fingerprint density at radius 1 is 0.946 bits per heavy atom. The smallest absolute Gasteiger partial charge is 0.397 e. The number of unbranched alkanes of at least 4 members (excludes halogenated alkanes) is 1. The summed E-state index contributed by atoms with van der Waals surface area (Å²) in [6.07, 6.45) is -5.13. The van der Waals surface area contributed by atoms with E-state index in [9.17, 15) is 31.1 Å². The van der Waals surface area contributed by atoms with Crippen LogP contribution in [0.4, 0.5) is 26.3 Å². The number of alkyl halides is 6. The van der Waals surface area contributed by atoms with E-state index < -0.39 is 23.5 Å². The van der Waals surface area contributed by atoms with Gasteiger partial charge in [-0.25, -0.2) is 0 Å². The van der Waals surface area contributed by atoms with E-state index in [1.807, 2.05) is 13.8 Å². The molecule has 220 valence electrons. The van der Waals surface area contributed by atoms with Crippen molar-refractivity contribution in [2.24, 2.45) is 5.92 Å². The topological polar surface area (TPSA) is 70.6 Å². The number of halogens is 6. The molecule has 2 atom stereocenters. The Labute approximate surface area is 218 Å². The van der Waals surface area contributed by atoms with Crippen LogP contribution in [0.25, 0.3) is 0 Å². The number of amides is 1. The molecule has 1 aromatic rings. The average molecular weight is 549 g/mol. The van der Waals surface area contributed by atoms with E-state index >= 15 is 0 Å². The molecule has 0 spiro atoms. The lowest BCUT2D eigenvalue weighted by atomic mass is 10.0. The molecule has 0 bridgehead atoms. The number of benzene rings is 1. The van der Waals surface area contributed by atoms with Crippen molar-refractivity contribution in [3.63, 3.8) is 0 Å². The molecule has 2 rings (SSSR count). The summed E-state index contributed by atoms with van der Waals surface area (Å²) in [5.41, 5.74) is -3.01. The van der Waals surface area contributed by atoms with Gasteiger partial charge in [0.2, 0.25) is 5.91 Å². The van der Waals surface area contributed by atoms with Crippen molar-refractivity contribution in [3.05, 3.63) is 34.9 Å². The zero-order valence-corrected chi connectivity index (χ0v) is 23.4. The number of rotatable bonds is 5. The first-order valence-electron chi connectivity index (χ1n) is 12.5. The first-order chi connectivity index (χ1) is 17.2. The summed E-state index contributed by atoms with van der Waals surface area (Å²) in [6.45, 7) is 9.91. The number of carbonyl (C=O) groups excluding carboxylic acids is 1. The molecule has 3 N–H and O–H groups in total. The van der Waals surface area contributed by atoms with Gasteiger partial charge in [0.05, 0.1) is 11.1 Å². The number of aliphatic hydroxyl groups excluding tert-OH is 1. The molecule has 1 fully saturated rings. The lowest BCUT2D eigenvalue weighted by Crippen LogP contribution is -2.30. The molecule has 37 heavy (non-hydrogen) atoms. The van der Waals surface area contributed by atoms with Gasteiger partial charge in [-0.3, -0.25) is 4.79 Å². The first kappa shape index (κ1) is 39.7. The molecule has 1 aliphatic rings. The van der Waals surface area contributed by atoms with Gasteiger partial charge in [0.1, 0.15) is 0 Å². The van der Waals surface area contributed by atoms with Crippen molar-refractivity contribution in [2.75, 3.05) is 27.9 Å². The molecule has 1 aliphatic carbocycles. The fourth-order valence-electron chi connectivity index (χ4n) is 2.94. The maximum absolute atomic E-state index is 12.8. The third-order valence-corrected chi connectivity index (χ3v) is 4.83. The van der Waals surface area contributed by atoms with Crippen molar-refractivity contribution in [1.82, 2.24) is 10.6 Å². The van der Waals surface area contributed by atoms with Crippen LogP contribution in [-0.4, -0.2) is 44.9 Å². The molecule has 1 aromatic carbocycles. The third-order valence-electron chi connectivity index (χ3n) is 4.83. The predicted octanol–water partition coefficient (Wildman–Crippen LogP) is 6.82. The standard InChI is InChI=1S/C16H18F6N2O.C4H10.2C2H6O.C2H6/c1-23-13-3-2-10(6-13)14(25)24-8-9-4-11(15(17,18)19)7-12(5-9)16(20,21)22;1-3-4-2;1-3-2;1-2-3;1-2/h4-5,7,10,13,23H,2-3,6,8H2,1H3,(H,24,25);3-4H2,1-2H3;1-2H3;3H,2H2,1H3;1-2H3/t10-,13+;;;;/m0..../s1. The molecule has 1 saturated carbocycles. The highest BCUT2D eigenvalue weighted by Crippen LogP contribution is 2.36. The Morgan fingerprint density at radius 2 is 1.35 bits per heavy atom. The van der Waals surface area contributed by atoms with E-state index in [-0.39, 0.29) is 42.6 Å². The van der Waals surface area contributed by atoms with Gasteiger partial charge in [0.15, 0.2) is 0 Å². The maximum atomic E-state index is 12.8. The van der Waals surface area contributed by atoms with E-state index in [0.717, 1.165) is 6.42 Å². The number of nitrogens with one attached hydrogen (secondary N) is 2. The van der Waals surface area contributed by atoms with Gasteiger partial charge in [0.25, 0.3) is 0 Å². The van der Waals surface area contributed by atoms with Crippen LogP contribution in [-0.2, 0) is 28.4 Å². The van der Waals surface area contributed by atoms with Gasteiger partial charge in [-0.1, -0.05) is 40.5 Å². The van der Waals surface area contributed by atoms with Crippen LogP contribution in [0.15, 0.2) is 18.2 Å². The molecule has 0 aliphatic heterocycles. The van der Waals surface area contributed by atoms with Crippen molar-refractivity contribution >= 4 is 5.91 Å². The Morgan fingerprint density at radius 3 is 1.65 bits per heavy atom. The van der Waals surface area contributed by atoms with Crippen LogP contribution in [0, 0.1) is 5.92 Å². The summed E-state index contributed by atoms with van der Waals surface area (Å²) in [4.78, 5) is 12.1. The van der Waals surface area contributed by atoms with Crippen molar-refractivity contribution in [1.29, 1.82) is 0 Å². The number of ether oxygens (including phenoxy) is 1. The van der Waals surface area contributed by atoms with Gasteiger partial charge >= 0.3 is 12.4 Å². The second kappa shape index (κ2) is 22.2. The average Bonchev–Trinajstić information content (AvgIpc) is 3.33. The minimum Gasteiger partial charge on any atom is -0.397 e. The molecule has 0 radical (unpaired) electrons. The monoisotopic (exact) mass is 548 g/mol. The summed E-state index contributed by atoms with van der Waals surface area (Å²) in [5, 5.41) is 13.1. The fraction of sp³-hybridized carbons (Fsp3) is 0.731. The molecule has 0 aromatic heterocycles. The minimum absolute atomic E-state index is 0.0693. The van der Waals surface area contributed by atoms with E-state index in [2.05, 4.69) is 29.2 Å². The Bertz CT molecular complexity index is 662. The zero-order chi connectivity index (χ0) is 29.7. The molecule has 5 nitrogen and oxygen atoms in total. The Hall–Kier alpha value is -1.85. The zero-order valence-electron chi connectivity index (χ0n) is 23.4. The van der Waals surface area contributed by atoms with Gasteiger partial charge in [0, 0.05) is 39.3 Å². The molecular weight excluding hydrogens is 502 g/mol. The summed E-state index contributed by atoms with van der Waals surface area (Å²) in [5.74, 6) is -0.644. The summed E-state index contributed by atoms with van der Waals surface area (Å²) >= 11 is 0. The number of hydrogen-bond donors (Lipinski definition) is 3. The first-order valence-corrected chi connectivity index (χ1v) is 12.5. The molecule has 1 amide bonds. The quantitative estimate of drug-likeness (QED) is 0.353. The van der Waals surface area contributed by atoms with E-state index in [1.54, 1.807) is 28.2 Å². The highest BCUT2D eigenvalue weighted by Gasteiger charge is 2.37. The van der Waals surface area contributed by atoms with Crippen LogP contribution in [0.3, 0.4) is 0 Å². The van der Waals surface area contributed by atoms with Gasteiger partial charge in [-0.05, 0) is 57.0 Å². The number of hydrogen-bond acceptors (Lipinski definition) is 4. The summed E-state index contributed by atoms with van der Waals surface area (Å²) in [6, 6.07) is 1.52. The second-order valence-corrected chi connectivity index (χ2v) is 7.85. The largest absolute Gasteiger partial charge is 0.416 e. The lowest BCUT2D eigenvalue weighted by molar-refractivity contribution is -0.143. The van der Waals surface area contributed by atoms with Gasteiger partial charge < -0.3 is 20.5 Å². The van der Waals surface area contributed by atoms with Crippen molar-refractivity contribution < 1.29 is 41.0 Å². The minimum atomic E-state index is -4.90. The highest BCUT2D eigenvalue weighted by molar-refractivity contribution is 5.79. The van der Waals surface area contributed by atoms with E-state index in [0.29, 0.717) is 25.0 Å². The maximum Gasteiger partial charge on any atom is 0.416 e. The molecule has 0 heterocycles. The lowest BCUT2D eigenvalue weighted by Gasteiger charge is -2.16. The number of methoxy groups -OCH3 is 1. The normalized spacial score (nSPS) is 16.4. The van der Waals surface area contributed by atoms with Crippen molar-refractivity contribution in [2.45, 2.75) is 91.7 Å². The molecule has 0 unspecified atom stereocenters. The van der Waals surface area contributed by atoms with Crippen LogP contribution in [0.1, 0.15) is 83.4 Å². The molecule has 0 saturated heterocycles. The van der Waals surface area contributed by atoms with Crippen LogP contribution < -0.4 is 10.6 Å². The Balaban J connectivity index is -0.000000817. The molecule has 11 heteroatoms. The van der Waals surface area contributed by atoms with Crippen molar-refractivity contribution in [3.8, 4) is 0 Å². The van der Waals surface area contributed by atoms with Gasteiger partial charge in [-0.2, -0.15) is 26.3 Å². The van der Waals surface area contributed by atoms with Crippen LogP contribution in [0.2, 0.25) is 0 Å². The Kier molecular flexibility index (Phi) is 23.8. The van der Waals surface area contributed by atoms with Crippen LogP contribution >= 0.6 is 0 Å². The van der Waals surface area contributed by atoms with E-state index in [1.165, 1.54) is 12.8 Å². The molecular formula is C26H46F6N2O3. The SMILES string of the molecule is CC.CCCC.CCO.CN[C@@H]1CC[C@H](C(=O)NCc2cc(C(F)(F)F)cc(C(F)(F)F)c2)C1.COC. The van der Waals surface area contributed by atoms with Gasteiger partial charge in [-0.15, -0.1) is 0 Å². The number of carbonyl (C=O) groups is 1. The van der Waals surface area contributed by atoms with E-state index in [4.69, 9.17) is 5.11 Å². The van der Waals surface area contributed by atoms with Crippen LogP contribution in [0.5, 0.6) is 0 Å². The predicted molar refractivity (Wildman–Crippen MR) is 136 cm³/mol. The summed E-state index contributed by atoms with van der Waals surface area (Å²) in [7, 11) is 5.02. The number of aliphatic hydroxyl groups is 1. The fourth-order valence-corrected chi connectivity index (χ4v) is 2.94. The highest BCUT2D eigenvalue weighted by atomic mass is 19.4. The summed E-state index contributed by atoms with van der Waals surface area (Å²) < 4.78 is 81.1. The second-order valence-electron chi connectivity index (χ2n) is 7.85. The third kappa shape index (κ3) is 19.0.